The third-order valence-corrected chi connectivity index (χ3v) is 3.35. The van der Waals surface area contributed by atoms with E-state index in [9.17, 15) is 0 Å². The first-order valence-electron chi connectivity index (χ1n) is 6.22. The van der Waals surface area contributed by atoms with Gasteiger partial charge in [0.05, 0.1) is 0 Å². The summed E-state index contributed by atoms with van der Waals surface area (Å²) in [6.07, 6.45) is 0. The molecule has 0 spiro atoms. The van der Waals surface area contributed by atoms with Gasteiger partial charge in [-0.3, -0.25) is 0 Å². The Hall–Kier alpha value is -1.04. The average molecular weight is 232 g/mol. The number of benzene rings is 2. The Kier molecular flexibility index (Phi) is 3.28. The molecule has 2 nitrogen and oxygen atoms in total. The molecule has 1 aliphatic heterocycles. The molecular formula is C15H13LiO2. The van der Waals surface area contributed by atoms with Crippen LogP contribution < -0.4 is 4.24 Å². The molecule has 3 heteroatoms. The summed E-state index contributed by atoms with van der Waals surface area (Å²) in [4.78, 5) is 0. The topological polar surface area (TPSA) is 18.5 Å². The van der Waals surface area contributed by atoms with Gasteiger partial charge in [-0.25, -0.2) is 0 Å². The van der Waals surface area contributed by atoms with Crippen LogP contribution in [0.3, 0.4) is 0 Å². The van der Waals surface area contributed by atoms with Crippen LogP contribution in [-0.4, -0.2) is 30.9 Å². The van der Waals surface area contributed by atoms with Gasteiger partial charge in [0, 0.05) is 0 Å². The maximum atomic E-state index is 5.97. The standard InChI is InChI=1S/C15H13O2.Li/c1-3-7-13(8-4-1)15(16-11-12-17-15)14-9-5-2-6-10-14;/h1-9H,11-12H2;. The van der Waals surface area contributed by atoms with Crippen molar-refractivity contribution in [3.63, 3.8) is 0 Å². The molecule has 0 atom stereocenters. The van der Waals surface area contributed by atoms with Crippen molar-refractivity contribution in [1.29, 1.82) is 0 Å². The van der Waals surface area contributed by atoms with Gasteiger partial charge in [-0.1, -0.05) is 0 Å². The van der Waals surface area contributed by atoms with Crippen LogP contribution in [-0.2, 0) is 15.3 Å². The van der Waals surface area contributed by atoms with E-state index in [1.807, 2.05) is 30.3 Å². The van der Waals surface area contributed by atoms with E-state index in [1.54, 1.807) is 0 Å². The van der Waals surface area contributed by atoms with Crippen molar-refractivity contribution in [2.75, 3.05) is 13.2 Å². The second-order valence-corrected chi connectivity index (χ2v) is 4.49. The van der Waals surface area contributed by atoms with E-state index in [-0.39, 0.29) is 0 Å². The van der Waals surface area contributed by atoms with Crippen molar-refractivity contribution < 1.29 is 9.47 Å². The van der Waals surface area contributed by atoms with Crippen molar-refractivity contribution in [2.24, 2.45) is 0 Å². The van der Waals surface area contributed by atoms with Crippen LogP contribution in [0.5, 0.6) is 0 Å². The fourth-order valence-corrected chi connectivity index (χ4v) is 2.49. The van der Waals surface area contributed by atoms with Crippen LogP contribution in [0.2, 0.25) is 0 Å². The summed E-state index contributed by atoms with van der Waals surface area (Å²) in [6, 6.07) is 18.4. The zero-order valence-electron chi connectivity index (χ0n) is 10.4. The van der Waals surface area contributed by atoms with Gasteiger partial charge in [-0.15, -0.1) is 0 Å². The number of hydrogen-bond donors (Lipinski definition) is 0. The van der Waals surface area contributed by atoms with E-state index in [2.05, 4.69) is 42.0 Å². The quantitative estimate of drug-likeness (QED) is 0.734. The van der Waals surface area contributed by atoms with Gasteiger partial charge in [-0.05, 0) is 0 Å². The molecule has 2 aromatic rings. The fourth-order valence-electron chi connectivity index (χ4n) is 2.49. The summed E-state index contributed by atoms with van der Waals surface area (Å²) in [6.45, 7) is 1.26. The van der Waals surface area contributed by atoms with Crippen molar-refractivity contribution in [3.05, 3.63) is 65.7 Å². The summed E-state index contributed by atoms with van der Waals surface area (Å²) < 4.78 is 13.1. The zero-order valence-corrected chi connectivity index (χ0v) is 10.4. The molecule has 1 heterocycles. The van der Waals surface area contributed by atoms with E-state index in [0.717, 1.165) is 11.1 Å². The normalized spacial score (nSPS) is 17.9. The van der Waals surface area contributed by atoms with Crippen molar-refractivity contribution in [3.8, 4) is 0 Å². The van der Waals surface area contributed by atoms with E-state index in [4.69, 9.17) is 9.47 Å². The molecule has 2 aromatic carbocycles. The van der Waals surface area contributed by atoms with Crippen molar-refractivity contribution in [1.82, 2.24) is 0 Å². The van der Waals surface area contributed by atoms with Gasteiger partial charge in [0.1, 0.15) is 0 Å². The summed E-state index contributed by atoms with van der Waals surface area (Å²) >= 11 is 2.09. The minimum atomic E-state index is -0.730. The van der Waals surface area contributed by atoms with Gasteiger partial charge in [0.15, 0.2) is 0 Å². The summed E-state index contributed by atoms with van der Waals surface area (Å²) in [5.74, 6) is -0.730. The number of hydrogen-bond acceptors (Lipinski definition) is 2. The predicted octanol–water partition coefficient (Wildman–Crippen LogP) is 1.73. The molecule has 0 amide bonds. The Morgan fingerprint density at radius 2 is 1.44 bits per heavy atom. The average Bonchev–Trinajstić information content (AvgIpc) is 2.91. The molecule has 0 N–H and O–H groups in total. The molecule has 1 saturated heterocycles. The van der Waals surface area contributed by atoms with Gasteiger partial charge in [-0.2, -0.15) is 0 Å². The van der Waals surface area contributed by atoms with Crippen LogP contribution in [0.15, 0.2) is 54.6 Å². The van der Waals surface area contributed by atoms with Crippen LogP contribution >= 0.6 is 0 Å². The molecule has 0 radical (unpaired) electrons. The SMILES string of the molecule is [Li][c]1ccccc1C1(c2ccccc2)OCCO1. The summed E-state index contributed by atoms with van der Waals surface area (Å²) in [5, 5.41) is 0. The van der Waals surface area contributed by atoms with Gasteiger partial charge in [0.2, 0.25) is 0 Å². The molecule has 1 aliphatic rings. The van der Waals surface area contributed by atoms with E-state index >= 15 is 0 Å². The zero-order chi connectivity index (χ0) is 12.4. The van der Waals surface area contributed by atoms with E-state index < -0.39 is 5.79 Å². The molecule has 0 aliphatic carbocycles. The van der Waals surface area contributed by atoms with Crippen LogP contribution in [0.1, 0.15) is 11.1 Å². The van der Waals surface area contributed by atoms with Crippen LogP contribution in [0, 0.1) is 0 Å². The van der Waals surface area contributed by atoms with Gasteiger partial charge < -0.3 is 0 Å². The number of ether oxygens (including phenoxy) is 2. The van der Waals surface area contributed by atoms with Gasteiger partial charge >= 0.3 is 116 Å². The number of rotatable bonds is 2. The Labute approximate surface area is 116 Å². The Morgan fingerprint density at radius 3 is 2.11 bits per heavy atom. The first kappa shape index (κ1) is 12.0. The maximum absolute atomic E-state index is 5.97. The van der Waals surface area contributed by atoms with Crippen molar-refractivity contribution >= 4 is 22.0 Å². The third-order valence-electron chi connectivity index (χ3n) is 3.35. The van der Waals surface area contributed by atoms with E-state index in [1.165, 1.54) is 4.24 Å². The first-order valence-corrected chi connectivity index (χ1v) is 6.22. The summed E-state index contributed by atoms with van der Waals surface area (Å²) in [7, 11) is 0. The molecule has 86 valence electrons. The second-order valence-electron chi connectivity index (χ2n) is 4.49. The Morgan fingerprint density at radius 1 is 0.833 bits per heavy atom. The van der Waals surface area contributed by atoms with Crippen molar-refractivity contribution in [2.45, 2.75) is 5.79 Å². The molecule has 1 fully saturated rings. The fraction of sp³-hybridized carbons (Fsp3) is 0.200. The molecule has 0 aromatic heterocycles. The first-order chi connectivity index (χ1) is 8.83. The molecule has 18 heavy (non-hydrogen) atoms. The molecule has 0 bridgehead atoms. The second kappa shape index (κ2) is 4.91. The molecule has 3 rings (SSSR count). The molecule has 0 unspecified atom stereocenters. The predicted molar refractivity (Wildman–Crippen MR) is 71.0 cm³/mol. The third kappa shape index (κ3) is 1.92. The Balaban J connectivity index is 2.16. The molecule has 0 saturated carbocycles. The van der Waals surface area contributed by atoms with Crippen LogP contribution in [0.4, 0.5) is 0 Å². The molecular weight excluding hydrogens is 219 g/mol. The van der Waals surface area contributed by atoms with Gasteiger partial charge in [0.25, 0.3) is 0 Å². The Bertz CT molecular complexity index is 533. The summed E-state index contributed by atoms with van der Waals surface area (Å²) in [5.41, 5.74) is 2.14. The monoisotopic (exact) mass is 232 g/mol. The van der Waals surface area contributed by atoms with E-state index in [0.29, 0.717) is 13.2 Å². The van der Waals surface area contributed by atoms with Crippen LogP contribution in [0.25, 0.3) is 0 Å². The minimum absolute atomic E-state index is 0.628.